The van der Waals surface area contributed by atoms with Gasteiger partial charge in [-0.3, -0.25) is 9.59 Å². The van der Waals surface area contributed by atoms with Crippen molar-refractivity contribution in [3.63, 3.8) is 0 Å². The maximum absolute atomic E-state index is 13.3. The lowest BCUT2D eigenvalue weighted by atomic mass is 9.77. The summed E-state index contributed by atoms with van der Waals surface area (Å²) in [6, 6.07) is 5.44. The number of hydrogen-bond donors (Lipinski definition) is 4. The minimum Gasteiger partial charge on any atom is -0.501 e. The van der Waals surface area contributed by atoms with Crippen molar-refractivity contribution in [3.05, 3.63) is 58.6 Å². The Labute approximate surface area is 213 Å². The lowest BCUT2D eigenvalue weighted by molar-refractivity contribution is -0.122. The van der Waals surface area contributed by atoms with Crippen LogP contribution in [-0.2, 0) is 26.2 Å². The molecule has 0 atom stereocenters. The van der Waals surface area contributed by atoms with Crippen molar-refractivity contribution in [1.82, 2.24) is 20.5 Å². The van der Waals surface area contributed by atoms with Gasteiger partial charge in [0.1, 0.15) is 16.4 Å². The highest BCUT2D eigenvalue weighted by molar-refractivity contribution is 7.89. The molecule has 0 unspecified atom stereocenters. The summed E-state index contributed by atoms with van der Waals surface area (Å²) in [4.78, 5) is 29.6. The van der Waals surface area contributed by atoms with Crippen LogP contribution in [-0.4, -0.2) is 48.8 Å². The molecule has 0 spiro atoms. The third kappa shape index (κ3) is 5.88. The van der Waals surface area contributed by atoms with E-state index in [0.29, 0.717) is 31.2 Å². The second kappa shape index (κ2) is 10.4. The van der Waals surface area contributed by atoms with Gasteiger partial charge in [0, 0.05) is 19.3 Å². The number of carbonyl (C=O) groups excluding carboxylic acids is 2. The molecule has 5 rings (SSSR count). The number of nitrogens with one attached hydrogen (secondary N) is 3. The number of halogens is 1. The monoisotopic (exact) mass is 533 g/mol. The zero-order chi connectivity index (χ0) is 26.8. The molecule has 13 heteroatoms. The van der Waals surface area contributed by atoms with Crippen LogP contribution in [0.25, 0.3) is 0 Å². The number of aliphatic imine (C=N–C) groups is 1. The van der Waals surface area contributed by atoms with E-state index < -0.39 is 44.7 Å². The number of fused-ring (bicyclic) bond motifs is 6. The third-order valence-corrected chi connectivity index (χ3v) is 8.38. The van der Waals surface area contributed by atoms with Gasteiger partial charge in [0.05, 0.1) is 5.54 Å². The Bertz CT molecular complexity index is 1340. The van der Waals surface area contributed by atoms with Gasteiger partial charge in [-0.2, -0.15) is 4.72 Å². The van der Waals surface area contributed by atoms with E-state index >= 15 is 0 Å². The van der Waals surface area contributed by atoms with E-state index in [1.165, 1.54) is 44.3 Å². The standard InChI is InChI=1S/C24H28FN5O6S/c1-14-21(15(2)36-29-14)37(34,35)30-24-9-7-17(8-10-24)12-27-23(33)20(31)19(28-13-24)22(32)26-11-16-3-5-18(25)6-4-16/h3-6,13,17,30-31H,7-12H2,1-2H3,(H,26,32)(H,27,33)/b20-19+,28-13+. The van der Waals surface area contributed by atoms with E-state index in [1.54, 1.807) is 0 Å². The van der Waals surface area contributed by atoms with Crippen LogP contribution in [0.2, 0.25) is 0 Å². The summed E-state index contributed by atoms with van der Waals surface area (Å²) in [6.07, 6.45) is 3.13. The van der Waals surface area contributed by atoms with Gasteiger partial charge >= 0.3 is 0 Å². The van der Waals surface area contributed by atoms with E-state index in [-0.39, 0.29) is 35.4 Å². The zero-order valence-electron chi connectivity index (χ0n) is 20.4. The molecule has 1 fully saturated rings. The second-order valence-electron chi connectivity index (χ2n) is 9.33. The van der Waals surface area contributed by atoms with Crippen LogP contribution >= 0.6 is 0 Å². The number of benzene rings is 1. The highest BCUT2D eigenvalue weighted by Gasteiger charge is 2.40. The van der Waals surface area contributed by atoms with Crippen molar-refractivity contribution in [1.29, 1.82) is 0 Å². The van der Waals surface area contributed by atoms with Crippen LogP contribution in [0.4, 0.5) is 4.39 Å². The highest BCUT2D eigenvalue weighted by atomic mass is 32.2. The Morgan fingerprint density at radius 3 is 2.54 bits per heavy atom. The molecular formula is C24H28FN5O6S. The molecule has 198 valence electrons. The van der Waals surface area contributed by atoms with E-state index in [9.17, 15) is 27.5 Å². The van der Waals surface area contributed by atoms with E-state index in [1.807, 2.05) is 0 Å². The van der Waals surface area contributed by atoms with Crippen molar-refractivity contribution in [2.45, 2.75) is 56.5 Å². The van der Waals surface area contributed by atoms with Crippen LogP contribution in [0.15, 0.2) is 50.1 Å². The lowest BCUT2D eigenvalue weighted by Crippen LogP contribution is -2.52. The molecule has 1 aromatic heterocycles. The van der Waals surface area contributed by atoms with Gasteiger partial charge in [-0.1, -0.05) is 17.3 Å². The summed E-state index contributed by atoms with van der Waals surface area (Å²) >= 11 is 0. The summed E-state index contributed by atoms with van der Waals surface area (Å²) in [5, 5.41) is 19.5. The van der Waals surface area contributed by atoms with Gasteiger partial charge < -0.3 is 20.3 Å². The number of aliphatic hydroxyl groups is 1. The molecule has 3 aliphatic rings. The number of amides is 2. The molecule has 0 radical (unpaired) electrons. The number of rotatable bonds is 6. The smallest absolute Gasteiger partial charge is 0.288 e. The van der Waals surface area contributed by atoms with E-state index in [4.69, 9.17) is 4.52 Å². The topological polar surface area (TPSA) is 163 Å². The second-order valence-corrected chi connectivity index (χ2v) is 11.0. The average Bonchev–Trinajstić information content (AvgIpc) is 3.19. The number of sulfonamides is 1. The maximum atomic E-state index is 13.3. The molecule has 2 amide bonds. The molecule has 11 nitrogen and oxygen atoms in total. The SMILES string of the molecule is Cc1noc(C)c1S(=O)(=O)NC12/C=N/C(C(=O)NCc3ccc(F)cc3)=C(/O)C(=O)NCC(CC1)CC2. The van der Waals surface area contributed by atoms with Crippen molar-refractivity contribution in [2.24, 2.45) is 10.9 Å². The first-order valence-electron chi connectivity index (χ1n) is 11.8. The van der Waals surface area contributed by atoms with Crippen LogP contribution < -0.4 is 15.4 Å². The molecule has 1 aromatic carbocycles. The zero-order valence-corrected chi connectivity index (χ0v) is 21.2. The van der Waals surface area contributed by atoms with E-state index in [0.717, 1.165) is 0 Å². The minimum atomic E-state index is -4.08. The Balaban J connectivity index is 1.66. The normalized spacial score (nSPS) is 25.3. The van der Waals surface area contributed by atoms with Crippen molar-refractivity contribution in [2.75, 3.05) is 6.54 Å². The van der Waals surface area contributed by atoms with Crippen LogP contribution in [0.1, 0.15) is 42.7 Å². The van der Waals surface area contributed by atoms with Crippen LogP contribution in [0.5, 0.6) is 0 Å². The van der Waals surface area contributed by atoms with Gasteiger partial charge in [0.2, 0.25) is 15.8 Å². The number of carbonyl (C=O) groups is 2. The van der Waals surface area contributed by atoms with Gasteiger partial charge in [-0.05, 0) is 63.1 Å². The summed E-state index contributed by atoms with van der Waals surface area (Å²) < 4.78 is 47.5. The molecular weight excluding hydrogens is 505 g/mol. The number of nitrogens with zero attached hydrogens (tertiary/aromatic N) is 2. The Morgan fingerprint density at radius 2 is 1.92 bits per heavy atom. The Hall–Kier alpha value is -3.58. The fourth-order valence-corrected chi connectivity index (χ4v) is 6.28. The van der Waals surface area contributed by atoms with Crippen molar-refractivity contribution in [3.8, 4) is 0 Å². The molecule has 3 heterocycles. The van der Waals surface area contributed by atoms with Gasteiger partial charge in [-0.15, -0.1) is 0 Å². The largest absolute Gasteiger partial charge is 0.501 e. The minimum absolute atomic E-state index is 0.0150. The van der Waals surface area contributed by atoms with Crippen LogP contribution in [0, 0.1) is 25.6 Å². The van der Waals surface area contributed by atoms with Gasteiger partial charge in [-0.25, -0.2) is 17.8 Å². The first-order chi connectivity index (χ1) is 17.5. The molecule has 1 saturated carbocycles. The molecule has 2 aromatic rings. The average molecular weight is 534 g/mol. The number of aliphatic hydroxyl groups excluding tert-OH is 1. The van der Waals surface area contributed by atoms with Crippen molar-refractivity contribution < 1.29 is 32.0 Å². The number of aromatic nitrogens is 1. The summed E-state index contributed by atoms with van der Waals surface area (Å²) in [6.45, 7) is 3.25. The van der Waals surface area contributed by atoms with E-state index in [2.05, 4.69) is 25.5 Å². The fraction of sp³-hybridized carbons (Fsp3) is 0.417. The summed E-state index contributed by atoms with van der Waals surface area (Å²) in [5.74, 6) is -2.85. The molecule has 0 saturated heterocycles. The molecule has 1 aliphatic carbocycles. The maximum Gasteiger partial charge on any atom is 0.288 e. The fourth-order valence-electron chi connectivity index (χ4n) is 4.54. The van der Waals surface area contributed by atoms with Gasteiger partial charge in [0.25, 0.3) is 11.8 Å². The highest BCUT2D eigenvalue weighted by Crippen LogP contribution is 2.34. The lowest BCUT2D eigenvalue weighted by Gasteiger charge is -2.37. The first kappa shape index (κ1) is 26.5. The third-order valence-electron chi connectivity index (χ3n) is 6.58. The summed E-state index contributed by atoms with van der Waals surface area (Å²) in [5.41, 5.74) is -0.957. The van der Waals surface area contributed by atoms with Crippen molar-refractivity contribution >= 4 is 28.1 Å². The quantitative estimate of drug-likeness (QED) is 0.441. The summed E-state index contributed by atoms with van der Waals surface area (Å²) in [7, 11) is -4.08. The molecule has 37 heavy (non-hydrogen) atoms. The Morgan fingerprint density at radius 1 is 1.24 bits per heavy atom. The predicted octanol–water partition coefficient (Wildman–Crippen LogP) is 1.92. The molecule has 4 N–H and O–H groups in total. The van der Waals surface area contributed by atoms with Gasteiger partial charge in [0.15, 0.2) is 11.5 Å². The van der Waals surface area contributed by atoms with Crippen LogP contribution in [0.3, 0.4) is 0 Å². The first-order valence-corrected chi connectivity index (χ1v) is 13.2. The predicted molar refractivity (Wildman–Crippen MR) is 130 cm³/mol. The number of aryl methyl sites for hydroxylation is 2. The Kier molecular flexibility index (Phi) is 7.46. The molecule has 2 bridgehead atoms. The molecule has 2 aliphatic heterocycles. The number of hydrogen-bond acceptors (Lipinski definition) is 8.